The van der Waals surface area contributed by atoms with Gasteiger partial charge in [0.1, 0.15) is 0 Å². The molecule has 1 rings (SSSR count). The number of hydrogen-bond donors (Lipinski definition) is 4. The van der Waals surface area contributed by atoms with E-state index in [0.29, 0.717) is 5.56 Å². The number of hydrogen-bond acceptors (Lipinski definition) is 6. The van der Waals surface area contributed by atoms with E-state index in [1.165, 1.54) is 23.7 Å². The predicted octanol–water partition coefficient (Wildman–Crippen LogP) is -0.105. The van der Waals surface area contributed by atoms with Gasteiger partial charge >= 0.3 is 5.69 Å². The number of carbonyl (C=O) groups excluding carboxylic acids is 1. The van der Waals surface area contributed by atoms with Crippen LogP contribution in [0.2, 0.25) is 0 Å². The van der Waals surface area contributed by atoms with Crippen molar-refractivity contribution >= 4 is 11.6 Å². The van der Waals surface area contributed by atoms with Crippen LogP contribution in [0.1, 0.15) is 5.56 Å². The first-order valence-electron chi connectivity index (χ1n) is 4.65. The molecule has 1 aromatic carbocycles. The van der Waals surface area contributed by atoms with E-state index < -0.39 is 22.3 Å². The molecule has 0 aliphatic rings. The first-order valence-corrected chi connectivity index (χ1v) is 4.65. The van der Waals surface area contributed by atoms with Gasteiger partial charge in [-0.15, -0.1) is 0 Å². The average Bonchev–Trinajstić information content (AvgIpc) is 2.30. The summed E-state index contributed by atoms with van der Waals surface area (Å²) >= 11 is 0. The Morgan fingerprint density at radius 1 is 1.47 bits per heavy atom. The molecule has 0 saturated carbocycles. The van der Waals surface area contributed by atoms with E-state index in [9.17, 15) is 20.0 Å². The maximum absolute atomic E-state index is 10.7. The fourth-order valence-corrected chi connectivity index (χ4v) is 1.22. The summed E-state index contributed by atoms with van der Waals surface area (Å²) in [6.45, 7) is -0.0977. The molecule has 0 unspecified atom stereocenters. The van der Waals surface area contributed by atoms with Gasteiger partial charge in [0.25, 0.3) is 5.91 Å². The summed E-state index contributed by atoms with van der Waals surface area (Å²) in [6.07, 6.45) is 0. The maximum Gasteiger partial charge on any atom is 0.311 e. The van der Waals surface area contributed by atoms with Gasteiger partial charge in [0.2, 0.25) is 0 Å². The van der Waals surface area contributed by atoms with Gasteiger partial charge in [-0.2, -0.15) is 0 Å². The van der Waals surface area contributed by atoms with E-state index in [4.69, 9.17) is 5.21 Å². The summed E-state index contributed by atoms with van der Waals surface area (Å²) in [5.74, 6) is -1.08. The molecule has 0 aliphatic carbocycles. The van der Waals surface area contributed by atoms with Gasteiger partial charge in [-0.3, -0.25) is 20.1 Å². The molecule has 8 heteroatoms. The highest BCUT2D eigenvalue weighted by molar-refractivity contribution is 5.76. The Morgan fingerprint density at radius 3 is 2.76 bits per heavy atom. The summed E-state index contributed by atoms with van der Waals surface area (Å²) in [5, 5.41) is 30.9. The SMILES string of the molecule is O=C(CNCc1cccc([N+](=O)[O-])c1O)NO. The van der Waals surface area contributed by atoms with Crippen LogP contribution in [-0.4, -0.2) is 27.7 Å². The minimum Gasteiger partial charge on any atom is -0.502 e. The Labute approximate surface area is 96.0 Å². The Balaban J connectivity index is 2.69. The zero-order valence-electron chi connectivity index (χ0n) is 8.71. The van der Waals surface area contributed by atoms with Gasteiger partial charge < -0.3 is 10.4 Å². The lowest BCUT2D eigenvalue weighted by molar-refractivity contribution is -0.385. The summed E-state index contributed by atoms with van der Waals surface area (Å²) in [5.41, 5.74) is 1.33. The number of carbonyl (C=O) groups is 1. The van der Waals surface area contributed by atoms with Crippen molar-refractivity contribution < 1.29 is 20.0 Å². The Bertz CT molecular complexity index is 435. The smallest absolute Gasteiger partial charge is 0.311 e. The monoisotopic (exact) mass is 241 g/mol. The molecule has 0 fully saturated rings. The highest BCUT2D eigenvalue weighted by Gasteiger charge is 2.15. The van der Waals surface area contributed by atoms with Crippen LogP contribution in [0.3, 0.4) is 0 Å². The third kappa shape index (κ3) is 3.40. The molecule has 0 bridgehead atoms. The Kier molecular flexibility index (Phi) is 4.37. The number of para-hydroxylation sites is 1. The number of aromatic hydroxyl groups is 1. The number of phenols is 1. The molecule has 0 atom stereocenters. The lowest BCUT2D eigenvalue weighted by atomic mass is 10.1. The molecule has 0 spiro atoms. The van der Waals surface area contributed by atoms with E-state index in [-0.39, 0.29) is 13.1 Å². The molecular formula is C9H11N3O5. The van der Waals surface area contributed by atoms with Crippen molar-refractivity contribution in [2.75, 3.05) is 6.54 Å². The molecule has 0 aliphatic heterocycles. The fraction of sp³-hybridized carbons (Fsp3) is 0.222. The van der Waals surface area contributed by atoms with Crippen LogP contribution in [0.4, 0.5) is 5.69 Å². The number of nitro groups is 1. The highest BCUT2D eigenvalue weighted by atomic mass is 16.6. The molecule has 4 N–H and O–H groups in total. The number of nitro benzene ring substituents is 1. The molecule has 1 amide bonds. The zero-order chi connectivity index (χ0) is 12.8. The summed E-state index contributed by atoms with van der Waals surface area (Å²) in [6, 6.07) is 4.10. The quantitative estimate of drug-likeness (QED) is 0.324. The van der Waals surface area contributed by atoms with Gasteiger partial charge in [0.15, 0.2) is 5.75 Å². The second-order valence-electron chi connectivity index (χ2n) is 3.18. The van der Waals surface area contributed by atoms with E-state index >= 15 is 0 Å². The zero-order valence-corrected chi connectivity index (χ0v) is 8.71. The third-order valence-corrected chi connectivity index (χ3v) is 2.02. The minimum atomic E-state index is -0.695. The van der Waals surface area contributed by atoms with Crippen molar-refractivity contribution in [3.63, 3.8) is 0 Å². The minimum absolute atomic E-state index is 0.0704. The van der Waals surface area contributed by atoms with Crippen molar-refractivity contribution in [3.8, 4) is 5.75 Å². The molecule has 1 aromatic rings. The van der Waals surface area contributed by atoms with E-state index in [0.717, 1.165) is 0 Å². The first kappa shape index (κ1) is 12.9. The summed E-state index contributed by atoms with van der Waals surface area (Å²) < 4.78 is 0. The van der Waals surface area contributed by atoms with Crippen molar-refractivity contribution in [2.24, 2.45) is 0 Å². The second kappa shape index (κ2) is 5.77. The Morgan fingerprint density at radius 2 is 2.18 bits per heavy atom. The summed E-state index contributed by atoms with van der Waals surface area (Å²) in [7, 11) is 0. The van der Waals surface area contributed by atoms with E-state index in [1.54, 1.807) is 0 Å². The van der Waals surface area contributed by atoms with E-state index in [2.05, 4.69) is 5.32 Å². The van der Waals surface area contributed by atoms with Crippen LogP contribution in [0, 0.1) is 10.1 Å². The van der Waals surface area contributed by atoms with E-state index in [1.807, 2.05) is 0 Å². The maximum atomic E-state index is 10.7. The number of rotatable bonds is 5. The van der Waals surface area contributed by atoms with Crippen LogP contribution >= 0.6 is 0 Å². The molecule has 0 saturated heterocycles. The molecule has 0 radical (unpaired) electrons. The van der Waals surface area contributed by atoms with Gasteiger partial charge in [0, 0.05) is 18.2 Å². The van der Waals surface area contributed by atoms with Gasteiger partial charge in [0.05, 0.1) is 11.5 Å². The lowest BCUT2D eigenvalue weighted by Crippen LogP contribution is -2.31. The largest absolute Gasteiger partial charge is 0.502 e. The van der Waals surface area contributed by atoms with Crippen LogP contribution in [-0.2, 0) is 11.3 Å². The molecule has 92 valence electrons. The predicted molar refractivity (Wildman–Crippen MR) is 56.4 cm³/mol. The lowest BCUT2D eigenvalue weighted by Gasteiger charge is -2.05. The summed E-state index contributed by atoms with van der Waals surface area (Å²) in [4.78, 5) is 20.5. The third-order valence-electron chi connectivity index (χ3n) is 2.02. The standard InChI is InChI=1S/C9H11N3O5/c13-8(11-15)5-10-4-6-2-1-3-7(9(6)14)12(16)17/h1-3,10,14-15H,4-5H2,(H,11,13). The molecular weight excluding hydrogens is 230 g/mol. The second-order valence-corrected chi connectivity index (χ2v) is 3.18. The normalized spacial score (nSPS) is 9.94. The Hall–Kier alpha value is -2.19. The van der Waals surface area contributed by atoms with Crippen LogP contribution in [0.15, 0.2) is 18.2 Å². The van der Waals surface area contributed by atoms with Crippen LogP contribution in [0.25, 0.3) is 0 Å². The first-order chi connectivity index (χ1) is 8.06. The number of benzene rings is 1. The fourth-order valence-electron chi connectivity index (χ4n) is 1.22. The van der Waals surface area contributed by atoms with Crippen molar-refractivity contribution in [2.45, 2.75) is 6.54 Å². The number of amides is 1. The van der Waals surface area contributed by atoms with Crippen molar-refractivity contribution in [1.82, 2.24) is 10.8 Å². The highest BCUT2D eigenvalue weighted by Crippen LogP contribution is 2.28. The number of nitrogens with one attached hydrogen (secondary N) is 2. The van der Waals surface area contributed by atoms with Crippen molar-refractivity contribution in [1.29, 1.82) is 0 Å². The molecule has 0 aromatic heterocycles. The number of phenolic OH excluding ortho intramolecular Hbond substituents is 1. The van der Waals surface area contributed by atoms with Gasteiger partial charge in [-0.1, -0.05) is 12.1 Å². The molecule has 0 heterocycles. The van der Waals surface area contributed by atoms with Gasteiger partial charge in [-0.05, 0) is 0 Å². The van der Waals surface area contributed by atoms with Gasteiger partial charge in [-0.25, -0.2) is 5.48 Å². The number of hydroxylamine groups is 1. The number of nitrogens with zero attached hydrogens (tertiary/aromatic N) is 1. The topological polar surface area (TPSA) is 125 Å². The van der Waals surface area contributed by atoms with Crippen LogP contribution < -0.4 is 10.8 Å². The molecule has 17 heavy (non-hydrogen) atoms. The van der Waals surface area contributed by atoms with Crippen molar-refractivity contribution in [3.05, 3.63) is 33.9 Å². The molecule has 8 nitrogen and oxygen atoms in total. The van der Waals surface area contributed by atoms with Crippen LogP contribution in [0.5, 0.6) is 5.75 Å². The average molecular weight is 241 g/mol.